The van der Waals surface area contributed by atoms with Gasteiger partial charge in [-0.3, -0.25) is 4.79 Å². The average Bonchev–Trinajstić information content (AvgIpc) is 2.55. The summed E-state index contributed by atoms with van der Waals surface area (Å²) in [5, 5.41) is 2.76. The third-order valence-electron chi connectivity index (χ3n) is 3.17. The molecule has 128 valence electrons. The second-order valence-electron chi connectivity index (χ2n) is 4.99. The van der Waals surface area contributed by atoms with Crippen molar-refractivity contribution in [2.24, 2.45) is 0 Å². The number of rotatable bonds is 9. The third-order valence-corrected chi connectivity index (χ3v) is 3.17. The maximum atomic E-state index is 12.7. The minimum absolute atomic E-state index is 0.203. The van der Waals surface area contributed by atoms with E-state index in [1.807, 2.05) is 0 Å². The number of ether oxygens (including phenoxy) is 2. The van der Waals surface area contributed by atoms with E-state index in [1.165, 1.54) is 36.3 Å². The number of likely N-dealkylation sites (N-methyl/N-ethyl adjacent to an activating group) is 1. The highest BCUT2D eigenvalue weighted by atomic mass is 19.1. The molecule has 1 aromatic rings. The minimum atomic E-state index is -0.318. The number of amides is 2. The van der Waals surface area contributed by atoms with Gasteiger partial charge in [-0.2, -0.15) is 0 Å². The standard InChI is InChI=1S/C16H23FN2O4/c1-19(11-12-23-14-8-6-13(17)7-9-14)16(21)18-10-4-3-5-15(20)22-2/h6-9H,3-5,10-12H2,1-2H3,(H,18,21). The molecular weight excluding hydrogens is 303 g/mol. The van der Waals surface area contributed by atoms with Crippen LogP contribution in [-0.4, -0.2) is 50.8 Å². The number of unbranched alkanes of at least 4 members (excludes halogenated alkanes) is 1. The van der Waals surface area contributed by atoms with Crippen molar-refractivity contribution in [2.45, 2.75) is 19.3 Å². The molecule has 1 aromatic carbocycles. The monoisotopic (exact) mass is 326 g/mol. The molecule has 0 bridgehead atoms. The Morgan fingerprint density at radius 3 is 2.57 bits per heavy atom. The molecule has 0 fully saturated rings. The number of benzene rings is 1. The van der Waals surface area contributed by atoms with Crippen molar-refractivity contribution in [3.05, 3.63) is 30.1 Å². The lowest BCUT2D eigenvalue weighted by molar-refractivity contribution is -0.140. The highest BCUT2D eigenvalue weighted by Gasteiger charge is 2.08. The Morgan fingerprint density at radius 2 is 1.91 bits per heavy atom. The van der Waals surface area contributed by atoms with Crippen molar-refractivity contribution < 1.29 is 23.5 Å². The highest BCUT2D eigenvalue weighted by Crippen LogP contribution is 2.10. The molecule has 0 unspecified atom stereocenters. The van der Waals surface area contributed by atoms with Crippen LogP contribution >= 0.6 is 0 Å². The van der Waals surface area contributed by atoms with E-state index in [9.17, 15) is 14.0 Å². The molecule has 0 saturated carbocycles. The Morgan fingerprint density at radius 1 is 1.22 bits per heavy atom. The number of methoxy groups -OCH3 is 1. The van der Waals surface area contributed by atoms with Gasteiger partial charge in [0.05, 0.1) is 13.7 Å². The predicted octanol–water partition coefficient (Wildman–Crippen LogP) is 2.19. The lowest BCUT2D eigenvalue weighted by atomic mass is 10.2. The third kappa shape index (κ3) is 8.04. The zero-order chi connectivity index (χ0) is 17.1. The summed E-state index contributed by atoms with van der Waals surface area (Å²) in [6.45, 7) is 1.22. The fourth-order valence-electron chi connectivity index (χ4n) is 1.76. The molecule has 23 heavy (non-hydrogen) atoms. The summed E-state index contributed by atoms with van der Waals surface area (Å²) in [6.07, 6.45) is 1.73. The molecule has 0 saturated heterocycles. The highest BCUT2D eigenvalue weighted by molar-refractivity contribution is 5.73. The van der Waals surface area contributed by atoms with Crippen LogP contribution in [0.3, 0.4) is 0 Å². The van der Waals surface area contributed by atoms with Gasteiger partial charge in [-0.25, -0.2) is 9.18 Å². The number of hydrogen-bond donors (Lipinski definition) is 1. The van der Waals surface area contributed by atoms with Crippen molar-refractivity contribution in [1.82, 2.24) is 10.2 Å². The normalized spacial score (nSPS) is 10.0. The molecule has 0 spiro atoms. The van der Waals surface area contributed by atoms with Crippen LogP contribution in [0.1, 0.15) is 19.3 Å². The van der Waals surface area contributed by atoms with Crippen LogP contribution in [0.4, 0.5) is 9.18 Å². The molecular formula is C16H23FN2O4. The first-order chi connectivity index (χ1) is 11.0. The lowest BCUT2D eigenvalue weighted by Crippen LogP contribution is -2.39. The molecule has 0 aliphatic heterocycles. The van der Waals surface area contributed by atoms with Gasteiger partial charge in [0.15, 0.2) is 0 Å². The zero-order valence-electron chi connectivity index (χ0n) is 13.5. The van der Waals surface area contributed by atoms with Gasteiger partial charge >= 0.3 is 12.0 Å². The Labute approximate surface area is 135 Å². The van der Waals surface area contributed by atoms with E-state index in [4.69, 9.17) is 4.74 Å². The van der Waals surface area contributed by atoms with E-state index in [2.05, 4.69) is 10.1 Å². The van der Waals surface area contributed by atoms with Crippen molar-refractivity contribution in [1.29, 1.82) is 0 Å². The number of urea groups is 1. The van der Waals surface area contributed by atoms with E-state index in [-0.39, 0.29) is 17.8 Å². The SMILES string of the molecule is COC(=O)CCCCNC(=O)N(C)CCOc1ccc(F)cc1. The quantitative estimate of drug-likeness (QED) is 0.558. The Bertz CT molecular complexity index is 493. The van der Waals surface area contributed by atoms with Gasteiger partial charge in [-0.1, -0.05) is 0 Å². The van der Waals surface area contributed by atoms with Gasteiger partial charge in [-0.15, -0.1) is 0 Å². The maximum Gasteiger partial charge on any atom is 0.317 e. The van der Waals surface area contributed by atoms with E-state index in [1.54, 1.807) is 7.05 Å². The van der Waals surface area contributed by atoms with Gasteiger partial charge in [0, 0.05) is 20.0 Å². The van der Waals surface area contributed by atoms with E-state index >= 15 is 0 Å². The number of carbonyl (C=O) groups excluding carboxylic acids is 2. The molecule has 0 aliphatic carbocycles. The molecule has 0 atom stereocenters. The summed E-state index contributed by atoms with van der Waals surface area (Å²) >= 11 is 0. The van der Waals surface area contributed by atoms with Crippen LogP contribution in [0.25, 0.3) is 0 Å². The van der Waals surface area contributed by atoms with Gasteiger partial charge in [0.25, 0.3) is 0 Å². The zero-order valence-corrected chi connectivity index (χ0v) is 13.5. The molecule has 0 aliphatic rings. The van der Waals surface area contributed by atoms with Crippen LogP contribution in [0.5, 0.6) is 5.75 Å². The maximum absolute atomic E-state index is 12.7. The molecule has 0 heterocycles. The van der Waals surface area contributed by atoms with Crippen molar-refractivity contribution in [3.63, 3.8) is 0 Å². The van der Waals surface area contributed by atoms with Crippen LogP contribution < -0.4 is 10.1 Å². The first-order valence-corrected chi connectivity index (χ1v) is 7.47. The molecule has 0 aromatic heterocycles. The van der Waals surface area contributed by atoms with E-state index in [0.717, 1.165) is 0 Å². The second kappa shape index (κ2) is 10.4. The molecule has 7 heteroatoms. The van der Waals surface area contributed by atoms with E-state index < -0.39 is 0 Å². The van der Waals surface area contributed by atoms with Crippen molar-refractivity contribution in [2.75, 3.05) is 33.9 Å². The topological polar surface area (TPSA) is 67.9 Å². The fourth-order valence-corrected chi connectivity index (χ4v) is 1.76. The Hall–Kier alpha value is -2.31. The number of nitrogens with one attached hydrogen (secondary N) is 1. The summed E-state index contributed by atoms with van der Waals surface area (Å²) in [7, 11) is 3.02. The number of nitrogens with zero attached hydrogens (tertiary/aromatic N) is 1. The van der Waals surface area contributed by atoms with Gasteiger partial charge in [0.1, 0.15) is 18.2 Å². The van der Waals surface area contributed by atoms with Gasteiger partial charge in [-0.05, 0) is 37.1 Å². The van der Waals surface area contributed by atoms with Crippen LogP contribution in [0.15, 0.2) is 24.3 Å². The summed E-state index contributed by atoms with van der Waals surface area (Å²) < 4.78 is 22.7. The first kappa shape index (κ1) is 18.7. The van der Waals surface area contributed by atoms with E-state index in [0.29, 0.717) is 44.7 Å². The molecule has 0 radical (unpaired) electrons. The smallest absolute Gasteiger partial charge is 0.317 e. The lowest BCUT2D eigenvalue weighted by Gasteiger charge is -2.18. The number of hydrogen-bond acceptors (Lipinski definition) is 4. The van der Waals surface area contributed by atoms with Crippen molar-refractivity contribution in [3.8, 4) is 5.75 Å². The van der Waals surface area contributed by atoms with Gasteiger partial charge < -0.3 is 19.7 Å². The summed E-state index contributed by atoms with van der Waals surface area (Å²) in [6, 6.07) is 5.51. The van der Waals surface area contributed by atoms with Crippen LogP contribution in [0, 0.1) is 5.82 Å². The fraction of sp³-hybridized carbons (Fsp3) is 0.500. The van der Waals surface area contributed by atoms with Gasteiger partial charge in [0.2, 0.25) is 0 Å². The van der Waals surface area contributed by atoms with Crippen molar-refractivity contribution >= 4 is 12.0 Å². The summed E-state index contributed by atoms with van der Waals surface area (Å²) in [4.78, 5) is 24.2. The second-order valence-corrected chi connectivity index (χ2v) is 4.99. The Kier molecular flexibility index (Phi) is 8.49. The summed E-state index contributed by atoms with van der Waals surface area (Å²) in [5.41, 5.74) is 0. The number of halogens is 1. The molecule has 1 N–H and O–H groups in total. The number of esters is 1. The Balaban J connectivity index is 2.11. The molecule has 1 rings (SSSR count). The first-order valence-electron chi connectivity index (χ1n) is 7.47. The average molecular weight is 326 g/mol. The number of carbonyl (C=O) groups is 2. The largest absolute Gasteiger partial charge is 0.492 e. The minimum Gasteiger partial charge on any atom is -0.492 e. The molecule has 2 amide bonds. The summed E-state index contributed by atoms with van der Waals surface area (Å²) in [5.74, 6) is -0.00421. The molecule has 6 nitrogen and oxygen atoms in total. The van der Waals surface area contributed by atoms with Crippen LogP contribution in [-0.2, 0) is 9.53 Å². The van der Waals surface area contributed by atoms with Crippen LogP contribution in [0.2, 0.25) is 0 Å². The predicted molar refractivity (Wildman–Crippen MR) is 83.8 cm³/mol.